The summed E-state index contributed by atoms with van der Waals surface area (Å²) in [5.74, 6) is 0.485. The van der Waals surface area contributed by atoms with Crippen molar-refractivity contribution >= 4 is 0 Å². The lowest BCUT2D eigenvalue weighted by Gasteiger charge is -2.37. The lowest BCUT2D eigenvalue weighted by Crippen LogP contribution is -2.45. The molecule has 1 aliphatic heterocycles. The Hall–Kier alpha value is -1.06. The average molecular weight is 347 g/mol. The number of hydrogen-bond donors (Lipinski definition) is 2. The van der Waals surface area contributed by atoms with Gasteiger partial charge in [-0.15, -0.1) is 0 Å². The van der Waals surface area contributed by atoms with Crippen LogP contribution in [0.15, 0.2) is 12.1 Å². The number of hydrogen-bond acceptors (Lipinski definition) is 3. The van der Waals surface area contributed by atoms with E-state index in [4.69, 9.17) is 0 Å². The van der Waals surface area contributed by atoms with E-state index in [0.29, 0.717) is 11.8 Å². The van der Waals surface area contributed by atoms with Crippen LogP contribution in [0.2, 0.25) is 0 Å². The summed E-state index contributed by atoms with van der Waals surface area (Å²) in [5.41, 5.74) is 3.38. The number of phenolic OH excluding ortho intramolecular Hbond substituents is 1. The molecule has 0 amide bonds. The van der Waals surface area contributed by atoms with Gasteiger partial charge in [-0.05, 0) is 46.1 Å². The van der Waals surface area contributed by atoms with Gasteiger partial charge in [0.2, 0.25) is 0 Å². The molecular formula is C22H38N2O. The number of rotatable bonds is 4. The summed E-state index contributed by atoms with van der Waals surface area (Å²) in [4.78, 5) is 2.62. The molecule has 3 heteroatoms. The van der Waals surface area contributed by atoms with Crippen molar-refractivity contribution in [1.82, 2.24) is 10.2 Å². The second-order valence-electron chi connectivity index (χ2n) is 9.56. The standard InChI is InChI=1S/C22H38N2O/c1-8-9-19(24-12-10-23-11-13-24)16-14-17(21(2,3)4)20(25)18(15-16)22(5,6)7/h14-15,19,23,25H,8-13H2,1-7H3/t19-/m0/s1. The molecule has 0 aromatic heterocycles. The van der Waals surface area contributed by atoms with Gasteiger partial charge in [0.1, 0.15) is 5.75 Å². The largest absolute Gasteiger partial charge is 0.507 e. The molecule has 0 bridgehead atoms. The number of benzene rings is 1. The third kappa shape index (κ3) is 4.77. The topological polar surface area (TPSA) is 35.5 Å². The van der Waals surface area contributed by atoms with Crippen molar-refractivity contribution in [3.8, 4) is 5.75 Å². The van der Waals surface area contributed by atoms with Crippen LogP contribution in [0.5, 0.6) is 5.75 Å². The van der Waals surface area contributed by atoms with Crippen LogP contribution in [0, 0.1) is 0 Å². The van der Waals surface area contributed by atoms with Gasteiger partial charge in [0.15, 0.2) is 0 Å². The van der Waals surface area contributed by atoms with Gasteiger partial charge in [0, 0.05) is 32.2 Å². The van der Waals surface area contributed by atoms with Gasteiger partial charge in [-0.2, -0.15) is 0 Å². The molecule has 1 atom stereocenters. The van der Waals surface area contributed by atoms with Gasteiger partial charge < -0.3 is 10.4 Å². The van der Waals surface area contributed by atoms with Crippen molar-refractivity contribution in [1.29, 1.82) is 0 Å². The van der Waals surface area contributed by atoms with Crippen molar-refractivity contribution in [3.63, 3.8) is 0 Å². The van der Waals surface area contributed by atoms with Crippen LogP contribution >= 0.6 is 0 Å². The molecule has 0 saturated carbocycles. The Morgan fingerprint density at radius 2 is 1.48 bits per heavy atom. The lowest BCUT2D eigenvalue weighted by molar-refractivity contribution is 0.164. The maximum Gasteiger partial charge on any atom is 0.123 e. The van der Waals surface area contributed by atoms with E-state index >= 15 is 0 Å². The van der Waals surface area contributed by atoms with E-state index in [9.17, 15) is 5.11 Å². The Balaban J connectivity index is 2.57. The summed E-state index contributed by atoms with van der Waals surface area (Å²) >= 11 is 0. The van der Waals surface area contributed by atoms with Gasteiger partial charge in [-0.25, -0.2) is 0 Å². The smallest absolute Gasteiger partial charge is 0.123 e. The van der Waals surface area contributed by atoms with E-state index in [2.05, 4.69) is 70.8 Å². The molecule has 0 radical (unpaired) electrons. The number of piperazine rings is 1. The third-order valence-electron chi connectivity index (χ3n) is 5.29. The van der Waals surface area contributed by atoms with Crippen molar-refractivity contribution in [2.45, 2.75) is 78.2 Å². The number of nitrogens with zero attached hydrogens (tertiary/aromatic N) is 1. The Labute approximate surface area is 154 Å². The first-order chi connectivity index (χ1) is 11.6. The second-order valence-corrected chi connectivity index (χ2v) is 9.56. The molecule has 0 aliphatic carbocycles. The van der Waals surface area contributed by atoms with Gasteiger partial charge >= 0.3 is 0 Å². The molecule has 0 spiro atoms. The third-order valence-corrected chi connectivity index (χ3v) is 5.29. The van der Waals surface area contributed by atoms with Crippen molar-refractivity contribution in [2.24, 2.45) is 0 Å². The van der Waals surface area contributed by atoms with E-state index in [1.165, 1.54) is 12.0 Å². The molecule has 142 valence electrons. The molecule has 1 heterocycles. The maximum atomic E-state index is 11.0. The van der Waals surface area contributed by atoms with Crippen LogP contribution in [-0.2, 0) is 10.8 Å². The van der Waals surface area contributed by atoms with Gasteiger partial charge in [-0.1, -0.05) is 54.9 Å². The van der Waals surface area contributed by atoms with Crippen molar-refractivity contribution in [2.75, 3.05) is 26.2 Å². The summed E-state index contributed by atoms with van der Waals surface area (Å²) in [6.07, 6.45) is 2.34. The molecule has 1 aliphatic rings. The first-order valence-electron chi connectivity index (χ1n) is 9.88. The van der Waals surface area contributed by atoms with Crippen molar-refractivity contribution in [3.05, 3.63) is 28.8 Å². The fourth-order valence-corrected chi connectivity index (χ4v) is 3.82. The number of nitrogens with one attached hydrogen (secondary N) is 1. The summed E-state index contributed by atoms with van der Waals surface area (Å²) in [6, 6.07) is 4.98. The van der Waals surface area contributed by atoms with E-state index in [0.717, 1.165) is 43.7 Å². The van der Waals surface area contributed by atoms with E-state index in [1.54, 1.807) is 0 Å². The highest BCUT2D eigenvalue weighted by Crippen LogP contribution is 2.42. The Kier molecular flexibility index (Phi) is 6.22. The molecule has 0 unspecified atom stereocenters. The van der Waals surface area contributed by atoms with Crippen LogP contribution in [0.4, 0.5) is 0 Å². The summed E-state index contributed by atoms with van der Waals surface area (Å²) in [7, 11) is 0. The first-order valence-corrected chi connectivity index (χ1v) is 9.88. The first kappa shape index (κ1) is 20.3. The summed E-state index contributed by atoms with van der Waals surface area (Å²) in [5, 5.41) is 14.4. The Bertz CT molecular complexity index is 540. The fourth-order valence-electron chi connectivity index (χ4n) is 3.82. The van der Waals surface area contributed by atoms with Crippen LogP contribution in [-0.4, -0.2) is 36.2 Å². The molecule has 1 fully saturated rings. The summed E-state index contributed by atoms with van der Waals surface area (Å²) < 4.78 is 0. The van der Waals surface area contributed by atoms with Gasteiger partial charge in [0.25, 0.3) is 0 Å². The van der Waals surface area contributed by atoms with Crippen LogP contribution in [0.25, 0.3) is 0 Å². The summed E-state index contributed by atoms with van der Waals surface area (Å²) in [6.45, 7) is 19.8. The highest BCUT2D eigenvalue weighted by atomic mass is 16.3. The highest BCUT2D eigenvalue weighted by molar-refractivity contribution is 5.50. The maximum absolute atomic E-state index is 11.0. The van der Waals surface area contributed by atoms with Crippen LogP contribution in [0.1, 0.15) is 84.0 Å². The SMILES string of the molecule is CCC[C@@H](c1cc(C(C)(C)C)c(O)c(C(C)(C)C)c1)N1CCNCC1. The Morgan fingerprint density at radius 3 is 1.88 bits per heavy atom. The monoisotopic (exact) mass is 346 g/mol. The van der Waals surface area contributed by atoms with Gasteiger partial charge in [0.05, 0.1) is 0 Å². The molecule has 1 saturated heterocycles. The van der Waals surface area contributed by atoms with Gasteiger partial charge in [-0.3, -0.25) is 4.90 Å². The minimum Gasteiger partial charge on any atom is -0.507 e. The minimum absolute atomic E-state index is 0.0691. The predicted molar refractivity (Wildman–Crippen MR) is 108 cm³/mol. The zero-order valence-electron chi connectivity index (χ0n) is 17.4. The molecule has 1 aromatic rings. The van der Waals surface area contributed by atoms with Crippen molar-refractivity contribution < 1.29 is 5.11 Å². The van der Waals surface area contributed by atoms with E-state index < -0.39 is 0 Å². The number of aromatic hydroxyl groups is 1. The fraction of sp³-hybridized carbons (Fsp3) is 0.727. The zero-order valence-corrected chi connectivity index (χ0v) is 17.4. The lowest BCUT2D eigenvalue weighted by atomic mass is 9.77. The predicted octanol–water partition coefficient (Wildman–Crippen LogP) is 4.73. The molecular weight excluding hydrogens is 308 g/mol. The highest BCUT2D eigenvalue weighted by Gasteiger charge is 2.29. The van der Waals surface area contributed by atoms with Crippen LogP contribution < -0.4 is 5.32 Å². The zero-order chi connectivity index (χ0) is 18.8. The number of phenols is 1. The quantitative estimate of drug-likeness (QED) is 0.827. The minimum atomic E-state index is -0.0691. The molecule has 2 N–H and O–H groups in total. The molecule has 3 nitrogen and oxygen atoms in total. The average Bonchev–Trinajstić information content (AvgIpc) is 2.51. The molecule has 25 heavy (non-hydrogen) atoms. The van der Waals surface area contributed by atoms with Crippen LogP contribution in [0.3, 0.4) is 0 Å². The van der Waals surface area contributed by atoms with E-state index in [-0.39, 0.29) is 10.8 Å². The van der Waals surface area contributed by atoms with E-state index in [1.807, 2.05) is 0 Å². The Morgan fingerprint density at radius 1 is 1.00 bits per heavy atom. The normalized spacial score (nSPS) is 18.4. The molecule has 1 aromatic carbocycles. The second kappa shape index (κ2) is 7.67. The molecule has 2 rings (SSSR count).